The van der Waals surface area contributed by atoms with Gasteiger partial charge in [0.2, 0.25) is 5.91 Å². The number of nitrogens with zero attached hydrogens (tertiary/aromatic N) is 4. The van der Waals surface area contributed by atoms with Gasteiger partial charge in [-0.2, -0.15) is 5.26 Å². The van der Waals surface area contributed by atoms with Crippen molar-refractivity contribution in [3.05, 3.63) is 41.9 Å². The molecule has 1 fully saturated rings. The molecule has 148 valence electrons. The maximum absolute atomic E-state index is 12.5. The first-order chi connectivity index (χ1) is 13.5. The summed E-state index contributed by atoms with van der Waals surface area (Å²) in [6.45, 7) is 2.00. The summed E-state index contributed by atoms with van der Waals surface area (Å²) >= 11 is 0. The number of nitriles is 1. The average Bonchev–Trinajstić information content (AvgIpc) is 3.12. The summed E-state index contributed by atoms with van der Waals surface area (Å²) in [7, 11) is 3.86. The molecule has 0 aromatic carbocycles. The van der Waals surface area contributed by atoms with Crippen molar-refractivity contribution in [1.29, 1.82) is 5.26 Å². The van der Waals surface area contributed by atoms with Crippen LogP contribution in [0.3, 0.4) is 0 Å². The van der Waals surface area contributed by atoms with Crippen molar-refractivity contribution < 1.29 is 4.79 Å². The Bertz CT molecular complexity index is 899. The predicted molar refractivity (Wildman–Crippen MR) is 110 cm³/mol. The van der Waals surface area contributed by atoms with Crippen molar-refractivity contribution in [1.82, 2.24) is 19.6 Å². The molecule has 0 aliphatic heterocycles. The highest BCUT2D eigenvalue weighted by atomic mass is 16.1. The third-order valence-electron chi connectivity index (χ3n) is 5.11. The summed E-state index contributed by atoms with van der Waals surface area (Å²) in [6.07, 6.45) is 8.24. The summed E-state index contributed by atoms with van der Waals surface area (Å²) in [6, 6.07) is 8.49. The second kappa shape index (κ2) is 8.79. The predicted octanol–water partition coefficient (Wildman–Crippen LogP) is 2.90. The number of nitrogens with one attached hydrogen (secondary N) is 2. The van der Waals surface area contributed by atoms with Gasteiger partial charge in [-0.1, -0.05) is 13.0 Å². The van der Waals surface area contributed by atoms with Crippen LogP contribution in [0.2, 0.25) is 0 Å². The number of hydrogen-bond donors (Lipinski definition) is 2. The van der Waals surface area contributed by atoms with E-state index in [1.807, 2.05) is 54.7 Å². The lowest BCUT2D eigenvalue weighted by Crippen LogP contribution is -2.41. The first-order valence-electron chi connectivity index (χ1n) is 9.83. The van der Waals surface area contributed by atoms with E-state index in [1.165, 1.54) is 0 Å². The van der Waals surface area contributed by atoms with Crippen LogP contribution in [0.1, 0.15) is 44.7 Å². The molecular weight excluding hydrogens is 352 g/mol. The summed E-state index contributed by atoms with van der Waals surface area (Å²) in [4.78, 5) is 18.7. The molecule has 1 amide bonds. The Kier molecular flexibility index (Phi) is 6.19. The van der Waals surface area contributed by atoms with E-state index < -0.39 is 0 Å². The van der Waals surface area contributed by atoms with Crippen LogP contribution < -0.4 is 10.6 Å². The molecule has 0 bridgehead atoms. The van der Waals surface area contributed by atoms with Crippen LogP contribution >= 0.6 is 0 Å². The van der Waals surface area contributed by atoms with Crippen molar-refractivity contribution in [3.8, 4) is 6.07 Å². The molecule has 2 N–H and O–H groups in total. The smallest absolute Gasteiger partial charge is 0.248 e. The van der Waals surface area contributed by atoms with Crippen molar-refractivity contribution in [3.63, 3.8) is 0 Å². The second-order valence-electron chi connectivity index (χ2n) is 7.52. The molecular formula is C21H28N6O. The largest absolute Gasteiger partial charge is 0.383 e. The molecule has 28 heavy (non-hydrogen) atoms. The maximum Gasteiger partial charge on any atom is 0.248 e. The Hall–Kier alpha value is -3.01. The minimum atomic E-state index is 0.0415. The maximum atomic E-state index is 12.5. The van der Waals surface area contributed by atoms with Crippen LogP contribution in [0.5, 0.6) is 0 Å². The van der Waals surface area contributed by atoms with Crippen LogP contribution in [0.15, 0.2) is 36.2 Å². The van der Waals surface area contributed by atoms with E-state index in [0.29, 0.717) is 11.7 Å². The third-order valence-corrected chi connectivity index (χ3v) is 5.11. The van der Waals surface area contributed by atoms with Gasteiger partial charge in [-0.15, -0.1) is 0 Å². The van der Waals surface area contributed by atoms with Crippen LogP contribution in [0.4, 0.5) is 5.82 Å². The molecule has 0 unspecified atom stereocenters. The van der Waals surface area contributed by atoms with E-state index in [2.05, 4.69) is 21.7 Å². The Morgan fingerprint density at radius 3 is 2.68 bits per heavy atom. The zero-order chi connectivity index (χ0) is 20.1. The fourth-order valence-corrected chi connectivity index (χ4v) is 3.67. The average molecular weight is 380 g/mol. The van der Waals surface area contributed by atoms with Gasteiger partial charge in [-0.3, -0.25) is 9.20 Å². The monoisotopic (exact) mass is 380 g/mol. The summed E-state index contributed by atoms with van der Waals surface area (Å²) in [5.74, 6) is 0.987. The van der Waals surface area contributed by atoms with Crippen LogP contribution in [0, 0.1) is 11.3 Å². The summed E-state index contributed by atoms with van der Waals surface area (Å²) in [5.41, 5.74) is 1.99. The van der Waals surface area contributed by atoms with Crippen molar-refractivity contribution in [2.75, 3.05) is 19.4 Å². The highest BCUT2D eigenvalue weighted by molar-refractivity contribution is 5.93. The number of carbonyl (C=O) groups excluding carboxylic acids is 1. The lowest BCUT2D eigenvalue weighted by atomic mass is 9.91. The van der Waals surface area contributed by atoms with Crippen LogP contribution in [-0.2, 0) is 4.79 Å². The summed E-state index contributed by atoms with van der Waals surface area (Å²) in [5, 5.41) is 15.8. The first-order valence-corrected chi connectivity index (χ1v) is 9.83. The van der Waals surface area contributed by atoms with Gasteiger partial charge >= 0.3 is 0 Å². The van der Waals surface area contributed by atoms with Gasteiger partial charge in [0.05, 0.1) is 0 Å². The lowest BCUT2D eigenvalue weighted by Gasteiger charge is -2.30. The van der Waals surface area contributed by atoms with Crippen molar-refractivity contribution in [2.45, 2.75) is 51.1 Å². The van der Waals surface area contributed by atoms with Gasteiger partial charge in [-0.25, -0.2) is 4.98 Å². The molecule has 3 rings (SSSR count). The first kappa shape index (κ1) is 19.7. The Labute approximate surface area is 166 Å². The number of amides is 1. The number of hydrogen-bond acceptors (Lipinski definition) is 5. The van der Waals surface area contributed by atoms with E-state index in [1.54, 1.807) is 6.20 Å². The van der Waals surface area contributed by atoms with Gasteiger partial charge < -0.3 is 15.5 Å². The highest BCUT2D eigenvalue weighted by Crippen LogP contribution is 2.23. The SMILES string of the molecule is CC/C(=C\N(C)C)C(=O)NC1CCC(Nc2cccc3nc(C#N)cn23)CC1. The number of rotatable bonds is 6. The van der Waals surface area contributed by atoms with Crippen LogP contribution in [-0.4, -0.2) is 46.4 Å². The van der Waals surface area contributed by atoms with Gasteiger partial charge in [0.1, 0.15) is 17.5 Å². The molecule has 0 spiro atoms. The van der Waals surface area contributed by atoms with E-state index in [-0.39, 0.29) is 11.9 Å². The van der Waals surface area contributed by atoms with Crippen molar-refractivity contribution >= 4 is 17.4 Å². The number of aromatic nitrogens is 2. The number of pyridine rings is 1. The van der Waals surface area contributed by atoms with Gasteiger partial charge in [0.25, 0.3) is 0 Å². The molecule has 0 radical (unpaired) electrons. The van der Waals surface area contributed by atoms with Crippen LogP contribution in [0.25, 0.3) is 5.65 Å². The molecule has 2 heterocycles. The number of carbonyl (C=O) groups is 1. The van der Waals surface area contributed by atoms with Gasteiger partial charge in [-0.05, 0) is 44.2 Å². The molecule has 1 saturated carbocycles. The zero-order valence-corrected chi connectivity index (χ0v) is 16.8. The molecule has 2 aromatic rings. The Balaban J connectivity index is 1.57. The third kappa shape index (κ3) is 4.63. The van der Waals surface area contributed by atoms with E-state index in [4.69, 9.17) is 5.26 Å². The number of anilines is 1. The fourth-order valence-electron chi connectivity index (χ4n) is 3.67. The molecule has 1 aliphatic rings. The Morgan fingerprint density at radius 1 is 1.32 bits per heavy atom. The lowest BCUT2D eigenvalue weighted by molar-refractivity contribution is -0.118. The molecule has 7 heteroatoms. The molecule has 1 aliphatic carbocycles. The van der Waals surface area contributed by atoms with E-state index in [9.17, 15) is 4.79 Å². The zero-order valence-electron chi connectivity index (χ0n) is 16.8. The quantitative estimate of drug-likeness (QED) is 0.753. The van der Waals surface area contributed by atoms with E-state index >= 15 is 0 Å². The summed E-state index contributed by atoms with van der Waals surface area (Å²) < 4.78 is 1.92. The van der Waals surface area contributed by atoms with E-state index in [0.717, 1.165) is 49.1 Å². The minimum absolute atomic E-state index is 0.0415. The molecule has 2 aromatic heterocycles. The normalized spacial score (nSPS) is 19.9. The number of imidazole rings is 1. The molecule has 0 atom stereocenters. The standard InChI is InChI=1S/C21H28N6O/c1-4-15(13-26(2)3)21(28)25-17-10-8-16(9-11-17)23-19-6-5-7-20-24-18(12-22)14-27(19)20/h5-7,13-14,16-17,23H,4,8-11H2,1-3H3,(H,25,28)/b15-13+. The molecule has 0 saturated heterocycles. The van der Waals surface area contributed by atoms with Gasteiger partial charge in [0.15, 0.2) is 5.69 Å². The minimum Gasteiger partial charge on any atom is -0.383 e. The highest BCUT2D eigenvalue weighted by Gasteiger charge is 2.23. The molecule has 7 nitrogen and oxygen atoms in total. The van der Waals surface area contributed by atoms with Gasteiger partial charge in [0, 0.05) is 44.1 Å². The number of fused-ring (bicyclic) bond motifs is 1. The van der Waals surface area contributed by atoms with Crippen molar-refractivity contribution in [2.24, 2.45) is 0 Å². The Morgan fingerprint density at radius 2 is 2.04 bits per heavy atom. The topological polar surface area (TPSA) is 85.5 Å². The second-order valence-corrected chi connectivity index (χ2v) is 7.52. The fraction of sp³-hybridized carbons (Fsp3) is 0.476.